The lowest BCUT2D eigenvalue weighted by Crippen LogP contribution is -2.38. The second-order valence-corrected chi connectivity index (χ2v) is 6.39. The lowest BCUT2D eigenvalue weighted by atomic mass is 10.2. The van der Waals surface area contributed by atoms with Crippen LogP contribution in [0.5, 0.6) is 0 Å². The Balaban J connectivity index is 1.69. The van der Waals surface area contributed by atoms with Gasteiger partial charge in [0.25, 0.3) is 0 Å². The Labute approximate surface area is 159 Å². The highest BCUT2D eigenvalue weighted by molar-refractivity contribution is 5.79. The van der Waals surface area contributed by atoms with E-state index in [9.17, 15) is 0 Å². The van der Waals surface area contributed by atoms with Gasteiger partial charge in [-0.1, -0.05) is 30.3 Å². The van der Waals surface area contributed by atoms with Gasteiger partial charge in [-0.25, -0.2) is 15.0 Å². The third-order valence-corrected chi connectivity index (χ3v) is 4.23. The van der Waals surface area contributed by atoms with Gasteiger partial charge < -0.3 is 19.6 Å². The molecule has 0 spiro atoms. The van der Waals surface area contributed by atoms with Gasteiger partial charge in [0.05, 0.1) is 24.1 Å². The number of aromatic nitrogens is 3. The lowest BCUT2D eigenvalue weighted by molar-refractivity contribution is 0.451. The summed E-state index contributed by atoms with van der Waals surface area (Å²) in [6.07, 6.45) is 1.86. The fourth-order valence-electron chi connectivity index (χ4n) is 2.73. The van der Waals surface area contributed by atoms with Crippen LogP contribution in [-0.4, -0.2) is 39.4 Å². The number of imidazole rings is 1. The molecule has 0 fully saturated rings. The number of rotatable bonds is 6. The average Bonchev–Trinajstić information content (AvgIpc) is 3.26. The topological polar surface area (TPSA) is 82.3 Å². The number of nitrogens with zero attached hydrogens (tertiary/aromatic N) is 4. The second-order valence-electron chi connectivity index (χ2n) is 6.39. The summed E-state index contributed by atoms with van der Waals surface area (Å²) in [6, 6.07) is 10.2. The fourth-order valence-corrected chi connectivity index (χ4v) is 2.73. The van der Waals surface area contributed by atoms with Gasteiger partial charge in [-0.3, -0.25) is 0 Å². The molecule has 3 rings (SSSR count). The van der Waals surface area contributed by atoms with Crippen molar-refractivity contribution < 1.29 is 4.42 Å². The number of oxazole rings is 1. The number of hydrogen-bond donors (Lipinski definition) is 2. The normalized spacial score (nSPS) is 11.6. The van der Waals surface area contributed by atoms with E-state index in [1.54, 1.807) is 0 Å². The molecule has 0 radical (unpaired) electrons. The van der Waals surface area contributed by atoms with E-state index in [2.05, 4.69) is 37.4 Å². The highest BCUT2D eigenvalue weighted by Crippen LogP contribution is 2.16. The minimum Gasteiger partial charge on any atom is -0.444 e. The van der Waals surface area contributed by atoms with E-state index < -0.39 is 0 Å². The van der Waals surface area contributed by atoms with Gasteiger partial charge in [0.15, 0.2) is 5.96 Å². The first-order valence-electron chi connectivity index (χ1n) is 9.08. The van der Waals surface area contributed by atoms with Gasteiger partial charge in [0, 0.05) is 13.6 Å². The minimum absolute atomic E-state index is 0.398. The second kappa shape index (κ2) is 8.53. The maximum Gasteiger partial charge on any atom is 0.216 e. The molecule has 0 saturated heterocycles. The van der Waals surface area contributed by atoms with E-state index in [4.69, 9.17) is 4.42 Å². The zero-order valence-electron chi connectivity index (χ0n) is 16.3. The molecule has 0 aliphatic carbocycles. The van der Waals surface area contributed by atoms with E-state index in [1.165, 1.54) is 0 Å². The Bertz CT molecular complexity index is 877. The van der Waals surface area contributed by atoms with Crippen molar-refractivity contribution in [1.82, 2.24) is 25.2 Å². The molecule has 0 aliphatic rings. The molecule has 0 aliphatic heterocycles. The molecule has 0 saturated carbocycles. The van der Waals surface area contributed by atoms with Crippen molar-refractivity contribution in [3.8, 4) is 11.3 Å². The fraction of sp³-hybridized carbons (Fsp3) is 0.350. The molecule has 2 aromatic heterocycles. The number of H-pyrrole nitrogens is 1. The van der Waals surface area contributed by atoms with Crippen molar-refractivity contribution in [2.75, 3.05) is 13.6 Å². The molecule has 0 amide bonds. The van der Waals surface area contributed by atoms with Crippen molar-refractivity contribution in [2.24, 2.45) is 4.99 Å². The largest absolute Gasteiger partial charge is 0.444 e. The Morgan fingerprint density at radius 3 is 2.70 bits per heavy atom. The number of guanidine groups is 1. The summed E-state index contributed by atoms with van der Waals surface area (Å²) in [4.78, 5) is 18.9. The molecular formula is C20H26N6O. The average molecular weight is 366 g/mol. The van der Waals surface area contributed by atoms with Crippen LogP contribution in [0.3, 0.4) is 0 Å². The van der Waals surface area contributed by atoms with Gasteiger partial charge in [0.2, 0.25) is 5.89 Å². The van der Waals surface area contributed by atoms with Crippen LogP contribution in [-0.2, 0) is 13.1 Å². The SMILES string of the molecule is CCNC(=NCc1nc(C)c(C)o1)N(C)Cc1ncc(-c2ccccc2)[nH]1. The van der Waals surface area contributed by atoms with Crippen molar-refractivity contribution >= 4 is 5.96 Å². The Morgan fingerprint density at radius 1 is 1.26 bits per heavy atom. The number of benzene rings is 1. The first-order chi connectivity index (χ1) is 13.1. The Morgan fingerprint density at radius 2 is 2.04 bits per heavy atom. The van der Waals surface area contributed by atoms with Gasteiger partial charge in [-0.15, -0.1) is 0 Å². The molecule has 27 heavy (non-hydrogen) atoms. The zero-order valence-corrected chi connectivity index (χ0v) is 16.3. The molecule has 0 bridgehead atoms. The Kier molecular flexibility index (Phi) is 5.90. The minimum atomic E-state index is 0.398. The standard InChI is InChI=1S/C20H26N6O/c1-5-21-20(23-12-19-24-14(2)15(3)27-19)26(4)13-18-22-11-17(25-18)16-9-7-6-8-10-16/h6-11H,5,12-13H2,1-4H3,(H,21,23)(H,22,25). The summed E-state index contributed by atoms with van der Waals surface area (Å²) in [5, 5.41) is 3.30. The quantitative estimate of drug-likeness (QED) is 0.517. The van der Waals surface area contributed by atoms with Gasteiger partial charge in [-0.2, -0.15) is 0 Å². The van der Waals surface area contributed by atoms with Crippen LogP contribution in [0, 0.1) is 13.8 Å². The molecule has 7 nitrogen and oxygen atoms in total. The molecular weight excluding hydrogens is 340 g/mol. The maximum atomic E-state index is 5.61. The number of aliphatic imine (C=N–C) groups is 1. The molecule has 142 valence electrons. The van der Waals surface area contributed by atoms with E-state index >= 15 is 0 Å². The smallest absolute Gasteiger partial charge is 0.216 e. The lowest BCUT2D eigenvalue weighted by Gasteiger charge is -2.20. The predicted molar refractivity (Wildman–Crippen MR) is 106 cm³/mol. The van der Waals surface area contributed by atoms with Crippen molar-refractivity contribution in [3.05, 3.63) is 59.7 Å². The van der Waals surface area contributed by atoms with E-state index in [0.29, 0.717) is 19.0 Å². The third kappa shape index (κ3) is 4.75. The molecule has 2 heterocycles. The number of aryl methyl sites for hydroxylation is 2. The zero-order chi connectivity index (χ0) is 19.2. The first kappa shape index (κ1) is 18.7. The van der Waals surface area contributed by atoms with Crippen LogP contribution < -0.4 is 5.32 Å². The van der Waals surface area contributed by atoms with Crippen molar-refractivity contribution in [1.29, 1.82) is 0 Å². The van der Waals surface area contributed by atoms with Crippen molar-refractivity contribution in [2.45, 2.75) is 33.9 Å². The summed E-state index contributed by atoms with van der Waals surface area (Å²) in [5.74, 6) is 3.12. The maximum absolute atomic E-state index is 5.61. The Hall–Kier alpha value is -3.09. The highest BCUT2D eigenvalue weighted by Gasteiger charge is 2.11. The van der Waals surface area contributed by atoms with Crippen LogP contribution in [0.1, 0.15) is 30.1 Å². The molecule has 1 aromatic carbocycles. The molecule has 0 unspecified atom stereocenters. The molecule has 7 heteroatoms. The monoisotopic (exact) mass is 366 g/mol. The van der Waals surface area contributed by atoms with Crippen LogP contribution in [0.15, 0.2) is 45.9 Å². The number of aromatic amines is 1. The molecule has 3 aromatic rings. The van der Waals surface area contributed by atoms with E-state index in [1.807, 2.05) is 57.1 Å². The van der Waals surface area contributed by atoms with Crippen molar-refractivity contribution in [3.63, 3.8) is 0 Å². The molecule has 2 N–H and O–H groups in total. The van der Waals surface area contributed by atoms with Gasteiger partial charge in [-0.05, 0) is 26.3 Å². The summed E-state index contributed by atoms with van der Waals surface area (Å²) >= 11 is 0. The summed E-state index contributed by atoms with van der Waals surface area (Å²) < 4.78 is 5.61. The van der Waals surface area contributed by atoms with E-state index in [0.717, 1.165) is 41.0 Å². The van der Waals surface area contributed by atoms with Crippen LogP contribution in [0.4, 0.5) is 0 Å². The third-order valence-electron chi connectivity index (χ3n) is 4.23. The molecule has 0 atom stereocenters. The number of hydrogen-bond acceptors (Lipinski definition) is 4. The predicted octanol–water partition coefficient (Wildman–Crippen LogP) is 3.28. The number of nitrogens with one attached hydrogen (secondary N) is 2. The van der Waals surface area contributed by atoms with Gasteiger partial charge in [0.1, 0.15) is 18.1 Å². The highest BCUT2D eigenvalue weighted by atomic mass is 16.4. The van der Waals surface area contributed by atoms with Crippen LogP contribution in [0.2, 0.25) is 0 Å². The first-order valence-corrected chi connectivity index (χ1v) is 9.08. The summed E-state index contributed by atoms with van der Waals surface area (Å²) in [6.45, 7) is 7.68. The summed E-state index contributed by atoms with van der Waals surface area (Å²) in [7, 11) is 1.98. The van der Waals surface area contributed by atoms with Gasteiger partial charge >= 0.3 is 0 Å². The van der Waals surface area contributed by atoms with Crippen LogP contribution >= 0.6 is 0 Å². The van der Waals surface area contributed by atoms with E-state index in [-0.39, 0.29) is 0 Å². The van der Waals surface area contributed by atoms with Crippen LogP contribution in [0.25, 0.3) is 11.3 Å². The summed E-state index contributed by atoms with van der Waals surface area (Å²) in [5.41, 5.74) is 3.03.